The molecule has 1 N–H and O–H groups in total. The number of nitrogens with one attached hydrogen (secondary N) is 1. The number of halogens is 2. The van der Waals surface area contributed by atoms with Crippen molar-refractivity contribution in [1.29, 1.82) is 0 Å². The molecule has 4 nitrogen and oxygen atoms in total. The molecule has 0 radical (unpaired) electrons. The van der Waals surface area contributed by atoms with Crippen LogP contribution in [0, 0.1) is 3.57 Å². The van der Waals surface area contributed by atoms with Crippen LogP contribution in [0.4, 0.5) is 5.69 Å². The first-order valence-electron chi connectivity index (χ1n) is 6.29. The normalized spacial score (nSPS) is 10.6. The fourth-order valence-electron chi connectivity index (χ4n) is 1.84. The van der Waals surface area contributed by atoms with Crippen molar-refractivity contribution in [1.82, 2.24) is 10.2 Å². The Bertz CT molecular complexity index is 760. The van der Waals surface area contributed by atoms with Crippen LogP contribution in [0.5, 0.6) is 0 Å². The summed E-state index contributed by atoms with van der Waals surface area (Å²) in [6.07, 6.45) is 0. The van der Waals surface area contributed by atoms with Gasteiger partial charge in [0.15, 0.2) is 0 Å². The van der Waals surface area contributed by atoms with Crippen LogP contribution < -0.4 is 5.32 Å². The first kappa shape index (κ1) is 14.5. The van der Waals surface area contributed by atoms with Crippen LogP contribution in [0.2, 0.25) is 0 Å². The predicted octanol–water partition coefficient (Wildman–Crippen LogP) is 4.72. The average molecular weight is 456 g/mol. The molecule has 0 saturated carbocycles. The molecular formula is C15H11BrIN3O. The van der Waals surface area contributed by atoms with E-state index in [1.54, 1.807) is 0 Å². The van der Waals surface area contributed by atoms with Crippen molar-refractivity contribution in [3.8, 4) is 11.5 Å². The fourth-order valence-corrected chi connectivity index (χ4v) is 2.84. The minimum atomic E-state index is 0.498. The third-order valence-electron chi connectivity index (χ3n) is 2.84. The van der Waals surface area contributed by atoms with Gasteiger partial charge in [0.2, 0.25) is 11.8 Å². The highest BCUT2D eigenvalue weighted by Crippen LogP contribution is 2.26. The van der Waals surface area contributed by atoms with E-state index in [1.807, 2.05) is 42.5 Å². The summed E-state index contributed by atoms with van der Waals surface area (Å²) >= 11 is 5.76. The zero-order valence-electron chi connectivity index (χ0n) is 10.9. The summed E-state index contributed by atoms with van der Waals surface area (Å²) in [6.45, 7) is 0.498. The van der Waals surface area contributed by atoms with Gasteiger partial charge < -0.3 is 9.73 Å². The summed E-state index contributed by atoms with van der Waals surface area (Å²) in [5.74, 6) is 1.07. The molecule has 0 saturated heterocycles. The Balaban J connectivity index is 1.72. The van der Waals surface area contributed by atoms with Gasteiger partial charge in [0, 0.05) is 13.7 Å². The van der Waals surface area contributed by atoms with Gasteiger partial charge in [-0.1, -0.05) is 18.2 Å². The number of benzene rings is 2. The quantitative estimate of drug-likeness (QED) is 0.578. The van der Waals surface area contributed by atoms with E-state index in [0.717, 1.165) is 15.7 Å². The SMILES string of the molecule is Brc1ccccc1-c1nnc(CNc2cccc(I)c2)o1. The molecule has 0 bridgehead atoms. The van der Waals surface area contributed by atoms with Gasteiger partial charge in [-0.25, -0.2) is 0 Å². The van der Waals surface area contributed by atoms with Gasteiger partial charge in [-0.15, -0.1) is 10.2 Å². The Morgan fingerprint density at radius 3 is 2.76 bits per heavy atom. The number of hydrogen-bond donors (Lipinski definition) is 1. The number of nitrogens with zero attached hydrogens (tertiary/aromatic N) is 2. The van der Waals surface area contributed by atoms with Crippen molar-refractivity contribution >= 4 is 44.2 Å². The summed E-state index contributed by atoms with van der Waals surface area (Å²) in [6, 6.07) is 15.9. The first-order chi connectivity index (χ1) is 10.2. The first-order valence-corrected chi connectivity index (χ1v) is 8.16. The summed E-state index contributed by atoms with van der Waals surface area (Å²) in [4.78, 5) is 0. The Morgan fingerprint density at radius 1 is 1.10 bits per heavy atom. The molecule has 0 fully saturated rings. The highest BCUT2D eigenvalue weighted by molar-refractivity contribution is 14.1. The zero-order chi connectivity index (χ0) is 14.7. The summed E-state index contributed by atoms with van der Waals surface area (Å²) < 4.78 is 7.80. The Labute approximate surface area is 144 Å². The van der Waals surface area contributed by atoms with Gasteiger partial charge in [0.25, 0.3) is 0 Å². The summed E-state index contributed by atoms with van der Waals surface area (Å²) in [5.41, 5.74) is 1.92. The van der Waals surface area contributed by atoms with Crippen LogP contribution in [0.1, 0.15) is 5.89 Å². The maximum absolute atomic E-state index is 5.69. The molecular weight excluding hydrogens is 445 g/mol. The molecule has 0 atom stereocenters. The highest BCUT2D eigenvalue weighted by Gasteiger charge is 2.10. The van der Waals surface area contributed by atoms with E-state index >= 15 is 0 Å². The molecule has 0 unspecified atom stereocenters. The Hall–Kier alpha value is -1.41. The highest BCUT2D eigenvalue weighted by atomic mass is 127. The van der Waals surface area contributed by atoms with Crippen molar-refractivity contribution in [2.45, 2.75) is 6.54 Å². The zero-order valence-corrected chi connectivity index (χ0v) is 14.6. The van der Waals surface area contributed by atoms with E-state index in [-0.39, 0.29) is 0 Å². The second-order valence-corrected chi connectivity index (χ2v) is 6.44. The third kappa shape index (κ3) is 3.62. The third-order valence-corrected chi connectivity index (χ3v) is 4.20. The number of anilines is 1. The molecule has 0 aliphatic rings. The largest absolute Gasteiger partial charge is 0.419 e. The Morgan fingerprint density at radius 2 is 1.95 bits per heavy atom. The number of rotatable bonds is 4. The molecule has 3 aromatic rings. The molecule has 1 heterocycles. The van der Waals surface area contributed by atoms with Crippen molar-refractivity contribution in [3.63, 3.8) is 0 Å². The lowest BCUT2D eigenvalue weighted by Gasteiger charge is -2.03. The molecule has 6 heteroatoms. The van der Waals surface area contributed by atoms with Gasteiger partial charge in [-0.05, 0) is 68.9 Å². The lowest BCUT2D eigenvalue weighted by molar-refractivity contribution is 0.515. The fraction of sp³-hybridized carbons (Fsp3) is 0.0667. The van der Waals surface area contributed by atoms with Gasteiger partial charge in [-0.3, -0.25) is 0 Å². The second kappa shape index (κ2) is 6.57. The molecule has 0 aliphatic carbocycles. The van der Waals surface area contributed by atoms with Crippen molar-refractivity contribution in [2.75, 3.05) is 5.32 Å². The van der Waals surface area contributed by atoms with E-state index in [2.05, 4.69) is 60.1 Å². The van der Waals surface area contributed by atoms with E-state index in [0.29, 0.717) is 18.3 Å². The van der Waals surface area contributed by atoms with Gasteiger partial charge in [0.1, 0.15) is 0 Å². The van der Waals surface area contributed by atoms with Crippen molar-refractivity contribution < 1.29 is 4.42 Å². The average Bonchev–Trinajstić information content (AvgIpc) is 2.94. The predicted molar refractivity (Wildman–Crippen MR) is 93.9 cm³/mol. The molecule has 3 rings (SSSR count). The standard InChI is InChI=1S/C15H11BrIN3O/c16-13-7-2-1-6-12(13)15-20-19-14(21-15)9-18-11-5-3-4-10(17)8-11/h1-8,18H,9H2. The topological polar surface area (TPSA) is 51.0 Å². The van der Waals surface area contributed by atoms with Crippen LogP contribution in [0.25, 0.3) is 11.5 Å². The van der Waals surface area contributed by atoms with Crippen LogP contribution in [-0.4, -0.2) is 10.2 Å². The monoisotopic (exact) mass is 455 g/mol. The van der Waals surface area contributed by atoms with Crippen LogP contribution in [0.15, 0.2) is 57.4 Å². The number of hydrogen-bond acceptors (Lipinski definition) is 4. The molecule has 106 valence electrons. The Kier molecular flexibility index (Phi) is 4.54. The maximum atomic E-state index is 5.69. The van der Waals surface area contributed by atoms with Crippen molar-refractivity contribution in [3.05, 3.63) is 62.5 Å². The lowest BCUT2D eigenvalue weighted by Crippen LogP contribution is -1.99. The minimum Gasteiger partial charge on any atom is -0.419 e. The van der Waals surface area contributed by atoms with Gasteiger partial charge in [0.05, 0.1) is 12.1 Å². The van der Waals surface area contributed by atoms with Gasteiger partial charge in [-0.2, -0.15) is 0 Å². The molecule has 0 amide bonds. The van der Waals surface area contributed by atoms with Gasteiger partial charge >= 0.3 is 0 Å². The van der Waals surface area contributed by atoms with E-state index in [9.17, 15) is 0 Å². The molecule has 0 aliphatic heterocycles. The van der Waals surface area contributed by atoms with Crippen LogP contribution >= 0.6 is 38.5 Å². The second-order valence-electron chi connectivity index (χ2n) is 4.34. The molecule has 0 spiro atoms. The minimum absolute atomic E-state index is 0.498. The van der Waals surface area contributed by atoms with Crippen LogP contribution in [0.3, 0.4) is 0 Å². The van der Waals surface area contributed by atoms with Crippen molar-refractivity contribution in [2.24, 2.45) is 0 Å². The maximum Gasteiger partial charge on any atom is 0.248 e. The molecule has 21 heavy (non-hydrogen) atoms. The van der Waals surface area contributed by atoms with E-state index in [1.165, 1.54) is 3.57 Å². The summed E-state index contributed by atoms with van der Waals surface area (Å²) in [5, 5.41) is 11.4. The number of aromatic nitrogens is 2. The van der Waals surface area contributed by atoms with Crippen LogP contribution in [-0.2, 0) is 6.54 Å². The molecule has 1 aromatic heterocycles. The smallest absolute Gasteiger partial charge is 0.248 e. The van der Waals surface area contributed by atoms with E-state index < -0.39 is 0 Å². The molecule has 2 aromatic carbocycles. The summed E-state index contributed by atoms with van der Waals surface area (Å²) in [7, 11) is 0. The lowest BCUT2D eigenvalue weighted by atomic mass is 10.2. The van der Waals surface area contributed by atoms with E-state index in [4.69, 9.17) is 4.42 Å².